The van der Waals surface area contributed by atoms with Crippen LogP contribution in [-0.2, 0) is 0 Å². The second-order valence-electron chi connectivity index (χ2n) is 5.64. The molecule has 1 heterocycles. The summed E-state index contributed by atoms with van der Waals surface area (Å²) in [5.74, 6) is 1.95. The monoisotopic (exact) mass is 301 g/mol. The lowest BCUT2D eigenvalue weighted by atomic mass is 9.93. The first-order valence-electron chi connectivity index (χ1n) is 6.88. The Balaban J connectivity index is 2.09. The number of ether oxygens (including phenoxy) is 1. The lowest BCUT2D eigenvalue weighted by Crippen LogP contribution is -2.30. The van der Waals surface area contributed by atoms with Gasteiger partial charge in [-0.25, -0.2) is 0 Å². The van der Waals surface area contributed by atoms with Crippen molar-refractivity contribution in [2.45, 2.75) is 32.8 Å². The highest BCUT2D eigenvalue weighted by Crippen LogP contribution is 2.29. The Morgan fingerprint density at radius 2 is 1.95 bits per heavy atom. The van der Waals surface area contributed by atoms with Crippen LogP contribution in [0.25, 0.3) is 0 Å². The molecule has 0 bridgehead atoms. The Morgan fingerprint density at radius 1 is 1.26 bits per heavy atom. The third-order valence-electron chi connectivity index (χ3n) is 3.45. The third kappa shape index (κ3) is 4.55. The summed E-state index contributed by atoms with van der Waals surface area (Å²) in [6.07, 6.45) is 2.45. The number of hydrogen-bond donors (Lipinski definition) is 1. The maximum absolute atomic E-state index is 6.16. The van der Waals surface area contributed by atoms with Gasteiger partial charge in [0.2, 0.25) is 0 Å². The van der Waals surface area contributed by atoms with Gasteiger partial charge in [0.1, 0.15) is 11.9 Å². The summed E-state index contributed by atoms with van der Waals surface area (Å²) in [7, 11) is 0. The first-order valence-corrected chi connectivity index (χ1v) is 7.63. The average molecular weight is 302 g/mol. The molecule has 1 saturated heterocycles. The van der Waals surface area contributed by atoms with Crippen LogP contribution in [0.2, 0.25) is 10.0 Å². The summed E-state index contributed by atoms with van der Waals surface area (Å²) in [6.45, 7) is 6.57. The van der Waals surface area contributed by atoms with E-state index in [9.17, 15) is 0 Å². The van der Waals surface area contributed by atoms with Gasteiger partial charge in [-0.05, 0) is 43.5 Å². The van der Waals surface area contributed by atoms with E-state index in [0.717, 1.165) is 25.3 Å². The molecule has 2 rings (SSSR count). The fraction of sp³-hybridized carbons (Fsp3) is 0.600. The predicted octanol–water partition coefficient (Wildman–Crippen LogP) is 4.40. The third-order valence-corrected chi connectivity index (χ3v) is 3.89. The van der Waals surface area contributed by atoms with Crippen LogP contribution in [0.3, 0.4) is 0 Å². The van der Waals surface area contributed by atoms with Crippen molar-refractivity contribution in [2.24, 2.45) is 11.8 Å². The first kappa shape index (κ1) is 15.0. The molecule has 2 nitrogen and oxygen atoms in total. The highest BCUT2D eigenvalue weighted by molar-refractivity contribution is 6.34. The van der Waals surface area contributed by atoms with E-state index in [2.05, 4.69) is 19.2 Å². The highest BCUT2D eigenvalue weighted by atomic mass is 35.5. The zero-order chi connectivity index (χ0) is 13.8. The maximum Gasteiger partial charge on any atom is 0.122 e. The van der Waals surface area contributed by atoms with Gasteiger partial charge in [0, 0.05) is 22.5 Å². The largest absolute Gasteiger partial charge is 0.490 e. The number of halogens is 2. The average Bonchev–Trinajstić information content (AvgIpc) is 2.79. The van der Waals surface area contributed by atoms with Gasteiger partial charge in [0.25, 0.3) is 0 Å². The van der Waals surface area contributed by atoms with Gasteiger partial charge in [0.15, 0.2) is 0 Å². The van der Waals surface area contributed by atoms with E-state index in [1.54, 1.807) is 6.07 Å². The topological polar surface area (TPSA) is 21.3 Å². The predicted molar refractivity (Wildman–Crippen MR) is 81.3 cm³/mol. The van der Waals surface area contributed by atoms with Crippen LogP contribution in [0.15, 0.2) is 18.2 Å². The van der Waals surface area contributed by atoms with Crippen molar-refractivity contribution in [3.8, 4) is 5.75 Å². The van der Waals surface area contributed by atoms with Crippen molar-refractivity contribution >= 4 is 23.2 Å². The zero-order valence-corrected chi connectivity index (χ0v) is 13.0. The number of rotatable bonds is 5. The normalized spacial score (nSPS) is 20.8. The van der Waals surface area contributed by atoms with Gasteiger partial charge >= 0.3 is 0 Å². The second kappa shape index (κ2) is 6.83. The van der Waals surface area contributed by atoms with Crippen LogP contribution in [0.5, 0.6) is 5.75 Å². The summed E-state index contributed by atoms with van der Waals surface area (Å²) >= 11 is 12.0. The lowest BCUT2D eigenvalue weighted by molar-refractivity contribution is 0.119. The Morgan fingerprint density at radius 3 is 2.47 bits per heavy atom. The Bertz CT molecular complexity index is 396. The number of nitrogens with one attached hydrogen (secondary N) is 1. The molecule has 4 heteroatoms. The zero-order valence-electron chi connectivity index (χ0n) is 11.5. The van der Waals surface area contributed by atoms with Gasteiger partial charge in [-0.1, -0.05) is 37.0 Å². The smallest absolute Gasteiger partial charge is 0.122 e. The van der Waals surface area contributed by atoms with E-state index in [1.807, 2.05) is 12.1 Å². The summed E-state index contributed by atoms with van der Waals surface area (Å²) in [4.78, 5) is 0. The molecule has 106 valence electrons. The van der Waals surface area contributed by atoms with Gasteiger partial charge < -0.3 is 10.1 Å². The molecule has 19 heavy (non-hydrogen) atoms. The van der Waals surface area contributed by atoms with E-state index in [4.69, 9.17) is 27.9 Å². The Labute approximate surface area is 125 Å². The molecular weight excluding hydrogens is 281 g/mol. The minimum atomic E-state index is 0.226. The van der Waals surface area contributed by atoms with Crippen molar-refractivity contribution in [2.75, 3.05) is 13.1 Å². The minimum Gasteiger partial charge on any atom is -0.490 e. The van der Waals surface area contributed by atoms with E-state index in [-0.39, 0.29) is 6.10 Å². The summed E-state index contributed by atoms with van der Waals surface area (Å²) in [6, 6.07) is 5.40. The lowest BCUT2D eigenvalue weighted by Gasteiger charge is -2.26. The summed E-state index contributed by atoms with van der Waals surface area (Å²) < 4.78 is 6.16. The maximum atomic E-state index is 6.16. The van der Waals surface area contributed by atoms with E-state index in [1.165, 1.54) is 6.42 Å². The van der Waals surface area contributed by atoms with Crippen LogP contribution in [0.4, 0.5) is 0 Å². The molecule has 0 saturated carbocycles. The van der Waals surface area contributed by atoms with E-state index in [0.29, 0.717) is 21.9 Å². The number of hydrogen-bond acceptors (Lipinski definition) is 2. The van der Waals surface area contributed by atoms with Crippen LogP contribution >= 0.6 is 23.2 Å². The van der Waals surface area contributed by atoms with E-state index < -0.39 is 0 Å². The molecule has 0 aliphatic carbocycles. The Kier molecular flexibility index (Phi) is 5.37. The summed E-state index contributed by atoms with van der Waals surface area (Å²) in [5.41, 5.74) is 0. The van der Waals surface area contributed by atoms with Crippen LogP contribution in [0, 0.1) is 11.8 Å². The highest BCUT2D eigenvalue weighted by Gasteiger charge is 2.27. The molecular formula is C15H21Cl2NO. The molecule has 0 unspecified atom stereocenters. The van der Waals surface area contributed by atoms with Crippen molar-refractivity contribution in [3.05, 3.63) is 28.2 Å². The van der Waals surface area contributed by atoms with Gasteiger partial charge in [-0.2, -0.15) is 0 Å². The SMILES string of the molecule is CC(C)C[C@H](Oc1cc(Cl)cc(Cl)c1)[C@@H]1CCNC1. The molecule has 1 fully saturated rings. The van der Waals surface area contributed by atoms with Crippen molar-refractivity contribution in [1.82, 2.24) is 5.32 Å². The summed E-state index contributed by atoms with van der Waals surface area (Å²) in [5, 5.41) is 4.64. The van der Waals surface area contributed by atoms with Crippen molar-refractivity contribution in [3.63, 3.8) is 0 Å². The standard InChI is InChI=1S/C15H21Cl2NO/c1-10(2)5-15(11-3-4-18-9-11)19-14-7-12(16)6-13(17)8-14/h6-8,10-11,15,18H,3-5,9H2,1-2H3/t11-,15+/m1/s1. The second-order valence-corrected chi connectivity index (χ2v) is 6.52. The molecule has 1 aliphatic rings. The number of benzene rings is 1. The van der Waals surface area contributed by atoms with Gasteiger partial charge in [0.05, 0.1) is 0 Å². The molecule has 1 N–H and O–H groups in total. The molecule has 0 spiro atoms. The van der Waals surface area contributed by atoms with Crippen LogP contribution < -0.4 is 10.1 Å². The molecule has 1 aromatic rings. The molecule has 2 atom stereocenters. The molecule has 0 amide bonds. The fourth-order valence-electron chi connectivity index (χ4n) is 2.57. The van der Waals surface area contributed by atoms with Crippen LogP contribution in [0.1, 0.15) is 26.7 Å². The Hall–Kier alpha value is -0.440. The van der Waals surface area contributed by atoms with Crippen LogP contribution in [-0.4, -0.2) is 19.2 Å². The van der Waals surface area contributed by atoms with Gasteiger partial charge in [-0.15, -0.1) is 0 Å². The molecule has 1 aromatic carbocycles. The molecule has 1 aliphatic heterocycles. The van der Waals surface area contributed by atoms with Crippen molar-refractivity contribution in [1.29, 1.82) is 0 Å². The molecule has 0 radical (unpaired) electrons. The van der Waals surface area contributed by atoms with E-state index >= 15 is 0 Å². The van der Waals surface area contributed by atoms with Gasteiger partial charge in [-0.3, -0.25) is 0 Å². The minimum absolute atomic E-state index is 0.226. The first-order chi connectivity index (χ1) is 9.04. The molecule has 0 aromatic heterocycles. The fourth-order valence-corrected chi connectivity index (χ4v) is 3.07. The van der Waals surface area contributed by atoms with Crippen molar-refractivity contribution < 1.29 is 4.74 Å². The quantitative estimate of drug-likeness (QED) is 0.870.